The van der Waals surface area contributed by atoms with Crippen LogP contribution in [0.3, 0.4) is 0 Å². The zero-order chi connectivity index (χ0) is 20.2. The molecule has 2 aromatic rings. The lowest BCUT2D eigenvalue weighted by atomic mass is 9.58. The van der Waals surface area contributed by atoms with Gasteiger partial charge in [-0.05, 0) is 61.6 Å². The number of benzene rings is 2. The Balaban J connectivity index is 1.39. The van der Waals surface area contributed by atoms with Crippen LogP contribution < -0.4 is 10.6 Å². The Morgan fingerprint density at radius 1 is 0.931 bits per heavy atom. The van der Waals surface area contributed by atoms with Gasteiger partial charge in [-0.25, -0.2) is 18.0 Å². The van der Waals surface area contributed by atoms with E-state index in [0.29, 0.717) is 24.7 Å². The van der Waals surface area contributed by atoms with E-state index in [0.717, 1.165) is 37.0 Å². The lowest BCUT2D eigenvalue weighted by Gasteiger charge is -2.61. The van der Waals surface area contributed by atoms with Crippen molar-refractivity contribution in [3.05, 3.63) is 65.5 Å². The summed E-state index contributed by atoms with van der Waals surface area (Å²) in [7, 11) is 0. The van der Waals surface area contributed by atoms with E-state index >= 15 is 0 Å². The normalized spacial score (nSPS) is 32.2. The first-order valence-corrected chi connectivity index (χ1v) is 9.86. The molecule has 4 aliphatic rings. The molecule has 4 fully saturated rings. The number of carbonyl (C=O) groups is 1. The van der Waals surface area contributed by atoms with E-state index in [1.807, 2.05) is 18.2 Å². The van der Waals surface area contributed by atoms with Crippen LogP contribution >= 0.6 is 0 Å². The fourth-order valence-electron chi connectivity index (χ4n) is 5.67. The molecule has 7 heteroatoms. The maximum Gasteiger partial charge on any atom is 0.321 e. The van der Waals surface area contributed by atoms with Crippen LogP contribution in [0.15, 0.2) is 42.5 Å². The monoisotopic (exact) mass is 402 g/mol. The molecule has 6 rings (SSSR count). The van der Waals surface area contributed by atoms with Crippen LogP contribution in [0.5, 0.6) is 0 Å². The molecule has 4 nitrogen and oxygen atoms in total. The van der Waals surface area contributed by atoms with Crippen molar-refractivity contribution in [1.82, 2.24) is 5.32 Å². The van der Waals surface area contributed by atoms with Gasteiger partial charge >= 0.3 is 6.03 Å². The van der Waals surface area contributed by atoms with Crippen LogP contribution in [0, 0.1) is 29.3 Å². The predicted molar refractivity (Wildman–Crippen MR) is 100 cm³/mol. The highest BCUT2D eigenvalue weighted by Crippen LogP contribution is 2.60. The van der Waals surface area contributed by atoms with Crippen molar-refractivity contribution in [3.8, 4) is 0 Å². The molecule has 2 aromatic carbocycles. The van der Waals surface area contributed by atoms with Gasteiger partial charge in [-0.1, -0.05) is 30.3 Å². The van der Waals surface area contributed by atoms with Crippen LogP contribution in [0.25, 0.3) is 0 Å². The third-order valence-corrected chi connectivity index (χ3v) is 6.46. The molecule has 2 saturated heterocycles. The zero-order valence-corrected chi connectivity index (χ0v) is 15.7. The van der Waals surface area contributed by atoms with Crippen molar-refractivity contribution >= 4 is 11.7 Å². The second kappa shape index (κ2) is 6.49. The number of carbonyl (C=O) groups excluding carboxylic acids is 1. The Bertz CT molecular complexity index is 952. The van der Waals surface area contributed by atoms with Crippen LogP contribution in [-0.2, 0) is 10.3 Å². The maximum absolute atomic E-state index is 13.9. The van der Waals surface area contributed by atoms with Gasteiger partial charge in [-0.3, -0.25) is 0 Å². The highest BCUT2D eigenvalue weighted by Gasteiger charge is 2.60. The van der Waals surface area contributed by atoms with E-state index in [4.69, 9.17) is 4.74 Å². The number of hydrogen-bond acceptors (Lipinski definition) is 2. The van der Waals surface area contributed by atoms with Gasteiger partial charge in [0.05, 0.1) is 11.3 Å². The Labute approximate surface area is 166 Å². The van der Waals surface area contributed by atoms with Crippen molar-refractivity contribution in [2.75, 3.05) is 5.32 Å². The topological polar surface area (TPSA) is 50.4 Å². The molecule has 0 radical (unpaired) electrons. The summed E-state index contributed by atoms with van der Waals surface area (Å²) in [4.78, 5) is 12.6. The minimum absolute atomic E-state index is 0.413. The highest BCUT2D eigenvalue weighted by atomic mass is 19.2. The maximum atomic E-state index is 13.9. The van der Waals surface area contributed by atoms with Crippen molar-refractivity contribution in [2.45, 2.75) is 43.4 Å². The predicted octanol–water partition coefficient (Wildman–Crippen LogP) is 5.06. The van der Waals surface area contributed by atoms with Crippen molar-refractivity contribution in [2.24, 2.45) is 11.8 Å². The molecule has 1 unspecified atom stereocenters. The van der Waals surface area contributed by atoms with E-state index in [9.17, 15) is 18.0 Å². The third kappa shape index (κ3) is 3.08. The molecule has 0 aromatic heterocycles. The van der Waals surface area contributed by atoms with Crippen LogP contribution in [0.2, 0.25) is 0 Å². The molecule has 29 heavy (non-hydrogen) atoms. The highest BCUT2D eigenvalue weighted by molar-refractivity contribution is 5.89. The quantitative estimate of drug-likeness (QED) is 0.706. The molecule has 2 saturated carbocycles. The summed E-state index contributed by atoms with van der Waals surface area (Å²) in [6, 6.07) is 11.1. The molecular formula is C22H21F3N2O2. The molecule has 2 heterocycles. The Morgan fingerprint density at radius 3 is 2.31 bits per heavy atom. The number of amides is 2. The minimum Gasteiger partial charge on any atom is -0.345 e. The van der Waals surface area contributed by atoms with Crippen LogP contribution in [-0.4, -0.2) is 11.8 Å². The number of anilines is 1. The molecule has 2 N–H and O–H groups in total. The first-order valence-electron chi connectivity index (χ1n) is 9.86. The first-order chi connectivity index (χ1) is 13.9. The smallest absolute Gasteiger partial charge is 0.321 e. The average Bonchev–Trinajstić information content (AvgIpc) is 2.68. The fraction of sp³-hybridized carbons (Fsp3) is 0.409. The average molecular weight is 402 g/mol. The van der Waals surface area contributed by atoms with E-state index in [2.05, 4.69) is 22.8 Å². The van der Waals surface area contributed by atoms with Gasteiger partial charge in [0, 0.05) is 0 Å². The van der Waals surface area contributed by atoms with E-state index < -0.39 is 40.5 Å². The second-order valence-electron chi connectivity index (χ2n) is 8.54. The number of halogens is 3. The summed E-state index contributed by atoms with van der Waals surface area (Å²) in [6.07, 6.45) is 4.31. The summed E-state index contributed by atoms with van der Waals surface area (Å²) in [6.45, 7) is 0. The molecule has 4 atom stereocenters. The van der Waals surface area contributed by atoms with Gasteiger partial charge in [0.25, 0.3) is 0 Å². The zero-order valence-electron chi connectivity index (χ0n) is 15.7. The lowest BCUT2D eigenvalue weighted by Crippen LogP contribution is -2.66. The molecule has 2 aliphatic heterocycles. The molecule has 2 amide bonds. The van der Waals surface area contributed by atoms with Gasteiger partial charge in [0.15, 0.2) is 17.5 Å². The number of nitrogens with one attached hydrogen (secondary N) is 2. The second-order valence-corrected chi connectivity index (χ2v) is 8.54. The van der Waals surface area contributed by atoms with E-state index in [1.165, 1.54) is 0 Å². The first kappa shape index (κ1) is 18.5. The standard InChI is InChI=1S/C22H21F3N2O2/c23-16-6-7-17(19(25)18(16)24)26-20(28)27-22-11-13-8-14(12-22)10-21(9-13,29-22)15-4-2-1-3-5-15/h1-7,13-14H,8-12H2,(H2,26,27,28)/t13-,14?,21+,22-/m0/s1. The van der Waals surface area contributed by atoms with Gasteiger partial charge in [0.2, 0.25) is 0 Å². The largest absolute Gasteiger partial charge is 0.345 e. The fourth-order valence-corrected chi connectivity index (χ4v) is 5.67. The van der Waals surface area contributed by atoms with Gasteiger partial charge in [0.1, 0.15) is 5.72 Å². The molecule has 0 spiro atoms. The summed E-state index contributed by atoms with van der Waals surface area (Å²) in [5.74, 6) is -3.49. The summed E-state index contributed by atoms with van der Waals surface area (Å²) in [5.41, 5.74) is -0.596. The number of urea groups is 1. The molecule has 4 bridgehead atoms. The van der Waals surface area contributed by atoms with Crippen molar-refractivity contribution < 1.29 is 22.7 Å². The van der Waals surface area contributed by atoms with Crippen LogP contribution in [0.4, 0.5) is 23.7 Å². The van der Waals surface area contributed by atoms with Crippen molar-refractivity contribution in [1.29, 1.82) is 0 Å². The summed E-state index contributed by atoms with van der Waals surface area (Å²) >= 11 is 0. The van der Waals surface area contributed by atoms with Crippen molar-refractivity contribution in [3.63, 3.8) is 0 Å². The van der Waals surface area contributed by atoms with Gasteiger partial charge in [-0.2, -0.15) is 0 Å². The molecule has 2 aliphatic carbocycles. The minimum atomic E-state index is -1.61. The number of ether oxygens (including phenoxy) is 1. The summed E-state index contributed by atoms with van der Waals surface area (Å²) < 4.78 is 47.1. The summed E-state index contributed by atoms with van der Waals surface area (Å²) in [5, 5.41) is 5.17. The number of rotatable bonds is 3. The Hall–Kier alpha value is -2.54. The molecule has 152 valence electrons. The molecular weight excluding hydrogens is 381 g/mol. The third-order valence-electron chi connectivity index (χ3n) is 6.46. The SMILES string of the molecule is O=C(Nc1ccc(F)c(F)c1F)N[C@@]12CC3C[C@H](C1)C[C@](c1ccccc1)(C3)O2. The Morgan fingerprint density at radius 2 is 1.62 bits per heavy atom. The van der Waals surface area contributed by atoms with Gasteiger partial charge in [-0.15, -0.1) is 0 Å². The van der Waals surface area contributed by atoms with E-state index in [1.54, 1.807) is 0 Å². The van der Waals surface area contributed by atoms with E-state index in [-0.39, 0.29) is 0 Å². The van der Waals surface area contributed by atoms with Gasteiger partial charge < -0.3 is 15.4 Å². The van der Waals surface area contributed by atoms with Crippen LogP contribution in [0.1, 0.15) is 37.7 Å². The Kier molecular flexibility index (Phi) is 4.13. The lowest BCUT2D eigenvalue weighted by molar-refractivity contribution is -0.287. The number of hydrogen-bond donors (Lipinski definition) is 2.